The molecule has 0 fully saturated rings. The van der Waals surface area contributed by atoms with Crippen molar-refractivity contribution in [1.29, 1.82) is 0 Å². The minimum atomic E-state index is 0. The summed E-state index contributed by atoms with van der Waals surface area (Å²) >= 11 is 0. The van der Waals surface area contributed by atoms with Crippen molar-refractivity contribution in [3.63, 3.8) is 0 Å². The van der Waals surface area contributed by atoms with Crippen LogP contribution < -0.4 is 0 Å². The maximum Gasteiger partial charge on any atom is 0.123 e. The fourth-order valence-electron chi connectivity index (χ4n) is 2.16. The topological polar surface area (TPSA) is 20.2 Å². The third-order valence-corrected chi connectivity index (χ3v) is 2.98. The number of hydrogen-bond acceptors (Lipinski definition) is 1. The van der Waals surface area contributed by atoms with E-state index < -0.39 is 0 Å². The predicted molar refractivity (Wildman–Crippen MR) is 76.8 cm³/mol. The Labute approximate surface area is 119 Å². The minimum Gasteiger partial charge on any atom is -0.507 e. The van der Waals surface area contributed by atoms with Crippen molar-refractivity contribution in [1.82, 2.24) is 0 Å². The van der Waals surface area contributed by atoms with E-state index in [4.69, 9.17) is 0 Å². The van der Waals surface area contributed by atoms with E-state index in [-0.39, 0.29) is 19.8 Å². The van der Waals surface area contributed by atoms with Gasteiger partial charge in [-0.25, -0.2) is 0 Å². The molecule has 3 rings (SSSR count). The summed E-state index contributed by atoms with van der Waals surface area (Å²) in [6.45, 7) is 0. The molecule has 0 aliphatic heterocycles. The average Bonchev–Trinajstić information content (AvgIpc) is 2.39. The standard InChI is InChI=1S/C16H12O.Ga/c17-16-11-4-3-9-15(16)14-10-5-7-12-6-1-2-8-13(12)14;/h1-11,17H;. The summed E-state index contributed by atoms with van der Waals surface area (Å²) < 4.78 is 0. The number of hydrogen-bond donors (Lipinski definition) is 1. The number of rotatable bonds is 1. The number of phenolic OH excluding ortho intramolecular Hbond substituents is 1. The van der Waals surface area contributed by atoms with Crippen LogP contribution >= 0.6 is 0 Å². The van der Waals surface area contributed by atoms with Crippen molar-refractivity contribution in [3.05, 3.63) is 66.7 Å². The third kappa shape index (κ3) is 2.17. The SMILES string of the molecule is Oc1ccccc1-c1cccc2ccccc12.[Ga]. The Bertz CT molecular complexity index is 671. The van der Waals surface area contributed by atoms with Gasteiger partial charge in [0.05, 0.1) is 0 Å². The van der Waals surface area contributed by atoms with Gasteiger partial charge in [0, 0.05) is 25.4 Å². The summed E-state index contributed by atoms with van der Waals surface area (Å²) in [5, 5.41) is 12.3. The van der Waals surface area contributed by atoms with Crippen molar-refractivity contribution < 1.29 is 5.11 Å². The van der Waals surface area contributed by atoms with E-state index >= 15 is 0 Å². The Morgan fingerprint density at radius 1 is 0.611 bits per heavy atom. The van der Waals surface area contributed by atoms with E-state index in [1.807, 2.05) is 42.5 Å². The first-order valence-electron chi connectivity index (χ1n) is 5.62. The molecule has 0 bridgehead atoms. The van der Waals surface area contributed by atoms with Crippen LogP contribution in [0, 0.1) is 0 Å². The molecule has 18 heavy (non-hydrogen) atoms. The smallest absolute Gasteiger partial charge is 0.123 e. The van der Waals surface area contributed by atoms with Gasteiger partial charge in [-0.2, -0.15) is 0 Å². The number of aromatic hydroxyl groups is 1. The summed E-state index contributed by atoms with van der Waals surface area (Å²) in [4.78, 5) is 0. The summed E-state index contributed by atoms with van der Waals surface area (Å²) in [6.07, 6.45) is 0. The molecule has 1 N–H and O–H groups in total. The van der Waals surface area contributed by atoms with E-state index in [2.05, 4.69) is 18.2 Å². The molecule has 85 valence electrons. The van der Waals surface area contributed by atoms with Gasteiger partial charge >= 0.3 is 0 Å². The number of fused-ring (bicyclic) bond motifs is 1. The second kappa shape index (κ2) is 5.34. The molecule has 0 aliphatic carbocycles. The molecule has 0 saturated heterocycles. The van der Waals surface area contributed by atoms with E-state index in [1.165, 1.54) is 5.39 Å². The van der Waals surface area contributed by atoms with Crippen molar-refractivity contribution in [3.8, 4) is 16.9 Å². The number of phenols is 1. The van der Waals surface area contributed by atoms with E-state index in [0.717, 1.165) is 16.5 Å². The van der Waals surface area contributed by atoms with Gasteiger partial charge in [-0.05, 0) is 22.4 Å². The van der Waals surface area contributed by atoms with Crippen LogP contribution in [0.25, 0.3) is 21.9 Å². The predicted octanol–water partition coefficient (Wildman–Crippen LogP) is 3.83. The maximum atomic E-state index is 9.92. The first kappa shape index (κ1) is 12.8. The van der Waals surface area contributed by atoms with Crippen LogP contribution in [0.2, 0.25) is 0 Å². The van der Waals surface area contributed by atoms with Gasteiger partial charge in [0.15, 0.2) is 0 Å². The Hall–Kier alpha value is -1.64. The van der Waals surface area contributed by atoms with Gasteiger partial charge in [0.1, 0.15) is 5.75 Å². The van der Waals surface area contributed by atoms with Crippen LogP contribution in [-0.2, 0) is 0 Å². The molecular weight excluding hydrogens is 278 g/mol. The van der Waals surface area contributed by atoms with Crippen molar-refractivity contribution in [2.24, 2.45) is 0 Å². The summed E-state index contributed by atoms with van der Waals surface area (Å²) in [6, 6.07) is 21.8. The Balaban J connectivity index is 0.00000120. The molecule has 0 amide bonds. The number of para-hydroxylation sites is 1. The van der Waals surface area contributed by atoms with Crippen LogP contribution in [0.4, 0.5) is 0 Å². The van der Waals surface area contributed by atoms with Crippen LogP contribution in [0.5, 0.6) is 5.75 Å². The van der Waals surface area contributed by atoms with Gasteiger partial charge in [-0.3, -0.25) is 0 Å². The van der Waals surface area contributed by atoms with Gasteiger partial charge < -0.3 is 5.11 Å². The molecule has 3 radical (unpaired) electrons. The van der Waals surface area contributed by atoms with E-state index in [1.54, 1.807) is 6.07 Å². The molecule has 0 unspecified atom stereocenters. The van der Waals surface area contributed by atoms with Crippen molar-refractivity contribution in [2.45, 2.75) is 0 Å². The van der Waals surface area contributed by atoms with E-state index in [0.29, 0.717) is 5.75 Å². The molecule has 0 aliphatic rings. The Kier molecular flexibility index (Phi) is 3.80. The quantitative estimate of drug-likeness (QED) is 0.675. The van der Waals surface area contributed by atoms with Crippen LogP contribution in [0.15, 0.2) is 66.7 Å². The largest absolute Gasteiger partial charge is 0.507 e. The molecule has 0 atom stereocenters. The molecular formula is C16H12GaO. The zero-order valence-corrected chi connectivity index (χ0v) is 12.3. The Morgan fingerprint density at radius 2 is 1.22 bits per heavy atom. The normalized spacial score (nSPS) is 10.0. The summed E-state index contributed by atoms with van der Waals surface area (Å²) in [5.41, 5.74) is 1.95. The molecule has 3 aromatic carbocycles. The molecule has 0 saturated carbocycles. The molecule has 0 spiro atoms. The molecule has 1 nitrogen and oxygen atoms in total. The van der Waals surface area contributed by atoms with Gasteiger partial charge in [-0.1, -0.05) is 60.7 Å². The fraction of sp³-hybridized carbons (Fsp3) is 0. The maximum absolute atomic E-state index is 9.92. The first-order valence-corrected chi connectivity index (χ1v) is 5.62. The van der Waals surface area contributed by atoms with Crippen LogP contribution in [0.1, 0.15) is 0 Å². The van der Waals surface area contributed by atoms with Gasteiger partial charge in [-0.15, -0.1) is 0 Å². The van der Waals surface area contributed by atoms with Crippen LogP contribution in [0.3, 0.4) is 0 Å². The third-order valence-electron chi connectivity index (χ3n) is 2.98. The Morgan fingerprint density at radius 3 is 2.06 bits per heavy atom. The fourth-order valence-corrected chi connectivity index (χ4v) is 2.16. The zero-order valence-electron chi connectivity index (χ0n) is 9.88. The monoisotopic (exact) mass is 289 g/mol. The van der Waals surface area contributed by atoms with E-state index in [9.17, 15) is 5.11 Å². The van der Waals surface area contributed by atoms with Crippen molar-refractivity contribution in [2.75, 3.05) is 0 Å². The molecule has 2 heteroatoms. The summed E-state index contributed by atoms with van der Waals surface area (Å²) in [5.74, 6) is 0.323. The summed E-state index contributed by atoms with van der Waals surface area (Å²) in [7, 11) is 0. The number of benzene rings is 3. The van der Waals surface area contributed by atoms with Crippen molar-refractivity contribution >= 4 is 30.6 Å². The molecule has 3 aromatic rings. The minimum absolute atomic E-state index is 0. The second-order valence-electron chi connectivity index (χ2n) is 4.04. The average molecular weight is 290 g/mol. The molecule has 0 heterocycles. The molecule has 0 aromatic heterocycles. The van der Waals surface area contributed by atoms with Gasteiger partial charge in [0.2, 0.25) is 0 Å². The first-order chi connectivity index (χ1) is 8.36. The zero-order chi connectivity index (χ0) is 11.7. The van der Waals surface area contributed by atoms with Crippen LogP contribution in [-0.4, -0.2) is 24.9 Å². The second-order valence-corrected chi connectivity index (χ2v) is 4.04. The van der Waals surface area contributed by atoms with Gasteiger partial charge in [0.25, 0.3) is 0 Å².